The molecule has 9 heteroatoms. The van der Waals surface area contributed by atoms with E-state index in [0.29, 0.717) is 23.8 Å². The van der Waals surface area contributed by atoms with Crippen LogP contribution in [0.3, 0.4) is 0 Å². The van der Waals surface area contributed by atoms with Crippen molar-refractivity contribution in [1.82, 2.24) is 25.4 Å². The number of nitrogens with two attached hydrogens (primary N) is 1. The van der Waals surface area contributed by atoms with Crippen LogP contribution in [-0.2, 0) is 13.2 Å². The van der Waals surface area contributed by atoms with Gasteiger partial charge in [0.2, 0.25) is 5.95 Å². The second-order valence-corrected chi connectivity index (χ2v) is 7.00. The Balaban J connectivity index is 1.81. The molecule has 0 saturated carbocycles. The van der Waals surface area contributed by atoms with Crippen molar-refractivity contribution in [3.63, 3.8) is 0 Å². The number of pyridine rings is 1. The van der Waals surface area contributed by atoms with E-state index in [1.807, 2.05) is 56.3 Å². The number of nitrogen functional groups attached to an aromatic ring is 1. The minimum atomic E-state index is -0.169. The van der Waals surface area contributed by atoms with Gasteiger partial charge in [0, 0.05) is 11.3 Å². The van der Waals surface area contributed by atoms with E-state index < -0.39 is 0 Å². The Bertz CT molecular complexity index is 1190. The molecule has 5 N–H and O–H groups in total. The van der Waals surface area contributed by atoms with E-state index in [0.717, 1.165) is 33.8 Å². The van der Waals surface area contributed by atoms with Gasteiger partial charge in [0.25, 0.3) is 0 Å². The minimum absolute atomic E-state index is 0.137. The van der Waals surface area contributed by atoms with Crippen molar-refractivity contribution in [2.24, 2.45) is 0 Å². The quantitative estimate of drug-likeness (QED) is 0.335. The van der Waals surface area contributed by atoms with Gasteiger partial charge in [-0.2, -0.15) is 4.98 Å². The molecule has 0 unspecified atom stereocenters. The molecular weight excluding hydrogens is 394 g/mol. The summed E-state index contributed by atoms with van der Waals surface area (Å²) in [5.74, 6) is 1.37. The van der Waals surface area contributed by atoms with Gasteiger partial charge in [0.15, 0.2) is 12.2 Å². The number of aliphatic hydroxyl groups excluding tert-OH is 1. The Kier molecular flexibility index (Phi) is 5.87. The molecule has 0 aliphatic rings. The van der Waals surface area contributed by atoms with Crippen LogP contribution in [0.5, 0.6) is 0 Å². The zero-order valence-electron chi connectivity index (χ0n) is 17.3. The molecule has 0 spiro atoms. The maximum Gasteiger partial charge on any atom is 0.222 e. The van der Waals surface area contributed by atoms with Crippen LogP contribution in [0.25, 0.3) is 22.4 Å². The van der Waals surface area contributed by atoms with Crippen molar-refractivity contribution >= 4 is 11.8 Å². The Morgan fingerprint density at radius 1 is 1.03 bits per heavy atom. The first-order chi connectivity index (χ1) is 15.0. The molecule has 1 aromatic carbocycles. The van der Waals surface area contributed by atoms with Crippen LogP contribution in [0.2, 0.25) is 0 Å². The summed E-state index contributed by atoms with van der Waals surface area (Å²) in [6, 6.07) is 13.5. The molecule has 0 bridgehead atoms. The van der Waals surface area contributed by atoms with Crippen LogP contribution in [0.4, 0.5) is 11.8 Å². The highest BCUT2D eigenvalue weighted by atomic mass is 16.3. The van der Waals surface area contributed by atoms with Crippen molar-refractivity contribution in [2.75, 3.05) is 11.2 Å². The average Bonchev–Trinajstić information content (AvgIpc) is 3.18. The van der Waals surface area contributed by atoms with Crippen molar-refractivity contribution in [2.45, 2.75) is 27.0 Å². The maximum atomic E-state index is 9.65. The highest BCUT2D eigenvalue weighted by molar-refractivity contribution is 5.89. The molecule has 0 amide bonds. The molecule has 0 radical (unpaired) electrons. The summed E-state index contributed by atoms with van der Waals surface area (Å²) in [7, 11) is 0. The van der Waals surface area contributed by atoms with Crippen LogP contribution in [-0.4, -0.2) is 25.0 Å². The molecule has 0 aliphatic heterocycles. The largest absolute Gasteiger partial charge is 0.448 e. The lowest BCUT2D eigenvalue weighted by Gasteiger charge is -2.17. The summed E-state index contributed by atoms with van der Waals surface area (Å²) in [4.78, 5) is 17.5. The molecule has 3 aromatic heterocycles. The van der Waals surface area contributed by atoms with E-state index in [1.54, 1.807) is 0 Å². The fraction of sp³-hybridized carbons (Fsp3) is 0.182. The number of aliphatic hydroxyl groups is 1. The Morgan fingerprint density at radius 3 is 2.55 bits per heavy atom. The number of nitrogens with zero attached hydrogens (tertiary/aromatic N) is 4. The minimum Gasteiger partial charge on any atom is -0.448 e. The summed E-state index contributed by atoms with van der Waals surface area (Å²) in [5, 5.41) is 9.65. The molecular formula is C22H23N7O2. The number of oxazole rings is 1. The first-order valence-corrected chi connectivity index (χ1v) is 9.74. The van der Waals surface area contributed by atoms with Gasteiger partial charge in [-0.3, -0.25) is 4.98 Å². The fourth-order valence-corrected chi connectivity index (χ4v) is 3.32. The summed E-state index contributed by atoms with van der Waals surface area (Å²) in [6.07, 6.45) is 1.41. The summed E-state index contributed by atoms with van der Waals surface area (Å²) in [6.45, 7) is 3.98. The zero-order valence-corrected chi connectivity index (χ0v) is 17.3. The first-order valence-electron chi connectivity index (χ1n) is 9.74. The lowest BCUT2D eigenvalue weighted by Crippen LogP contribution is -2.23. The number of hydrazine groups is 1. The van der Waals surface area contributed by atoms with Crippen LogP contribution in [0.15, 0.2) is 53.3 Å². The number of benzene rings is 1. The normalized spacial score (nSPS) is 10.9. The smallest absolute Gasteiger partial charge is 0.222 e. The molecule has 4 rings (SSSR count). The van der Waals surface area contributed by atoms with Crippen molar-refractivity contribution in [1.29, 1.82) is 0 Å². The van der Waals surface area contributed by atoms with Crippen LogP contribution >= 0.6 is 0 Å². The van der Waals surface area contributed by atoms with Gasteiger partial charge in [-0.15, -0.1) is 0 Å². The number of rotatable bonds is 7. The van der Waals surface area contributed by atoms with E-state index in [1.165, 1.54) is 6.39 Å². The van der Waals surface area contributed by atoms with E-state index >= 15 is 0 Å². The number of anilines is 2. The Labute approximate surface area is 179 Å². The van der Waals surface area contributed by atoms with Crippen LogP contribution in [0.1, 0.15) is 22.8 Å². The molecule has 0 saturated heterocycles. The number of hydrogen-bond acceptors (Lipinski definition) is 9. The van der Waals surface area contributed by atoms with Crippen molar-refractivity contribution < 1.29 is 9.52 Å². The highest BCUT2D eigenvalue weighted by Crippen LogP contribution is 2.36. The van der Waals surface area contributed by atoms with E-state index in [9.17, 15) is 5.11 Å². The lowest BCUT2D eigenvalue weighted by atomic mass is 9.99. The second kappa shape index (κ2) is 8.90. The van der Waals surface area contributed by atoms with Gasteiger partial charge in [-0.05, 0) is 31.5 Å². The number of aryl methyl sites for hydroxylation is 2. The van der Waals surface area contributed by atoms with E-state index in [2.05, 4.69) is 30.8 Å². The third-order valence-electron chi connectivity index (χ3n) is 4.74. The maximum absolute atomic E-state index is 9.65. The molecule has 4 aromatic rings. The molecule has 31 heavy (non-hydrogen) atoms. The Morgan fingerprint density at radius 2 is 1.84 bits per heavy atom. The highest BCUT2D eigenvalue weighted by Gasteiger charge is 2.18. The SMILES string of the molecule is Cc1cc(-c2c(NNCc3ncoc3C)nc(N)nc2-c2ccccc2)cc(CO)n1. The number of hydrogen-bond donors (Lipinski definition) is 4. The predicted octanol–water partition coefficient (Wildman–Crippen LogP) is 3.00. The molecule has 9 nitrogen and oxygen atoms in total. The third kappa shape index (κ3) is 4.52. The zero-order chi connectivity index (χ0) is 21.8. The summed E-state index contributed by atoms with van der Waals surface area (Å²) < 4.78 is 5.24. The van der Waals surface area contributed by atoms with Gasteiger partial charge in [-0.1, -0.05) is 30.3 Å². The van der Waals surface area contributed by atoms with Crippen molar-refractivity contribution in [3.05, 3.63) is 71.7 Å². The van der Waals surface area contributed by atoms with E-state index in [-0.39, 0.29) is 12.6 Å². The first kappa shape index (κ1) is 20.5. The second-order valence-electron chi connectivity index (χ2n) is 7.00. The van der Waals surface area contributed by atoms with Crippen molar-refractivity contribution in [3.8, 4) is 22.4 Å². The molecule has 0 aliphatic carbocycles. The topological polar surface area (TPSA) is 135 Å². The summed E-state index contributed by atoms with van der Waals surface area (Å²) >= 11 is 0. The third-order valence-corrected chi connectivity index (χ3v) is 4.74. The molecule has 0 fully saturated rings. The number of nitrogens with one attached hydrogen (secondary N) is 2. The average molecular weight is 417 g/mol. The predicted molar refractivity (Wildman–Crippen MR) is 117 cm³/mol. The standard InChI is InChI=1S/C22H23N7O2/c1-13-8-16(9-17(11-30)26-13)19-20(15-6-4-3-5-7-15)27-22(23)28-21(19)29-25-10-18-14(2)31-12-24-18/h3-9,12,25,30H,10-11H2,1-2H3,(H3,23,27,28,29). The summed E-state index contributed by atoms with van der Waals surface area (Å²) in [5.41, 5.74) is 17.5. The van der Waals surface area contributed by atoms with Gasteiger partial charge in [0.05, 0.1) is 35.8 Å². The van der Waals surface area contributed by atoms with Crippen LogP contribution in [0, 0.1) is 13.8 Å². The van der Waals surface area contributed by atoms with Crippen LogP contribution < -0.4 is 16.6 Å². The van der Waals surface area contributed by atoms with E-state index in [4.69, 9.17) is 10.2 Å². The Hall–Kier alpha value is -3.82. The molecule has 0 atom stereocenters. The van der Waals surface area contributed by atoms with Gasteiger partial charge < -0.3 is 20.7 Å². The number of aromatic nitrogens is 4. The van der Waals surface area contributed by atoms with Gasteiger partial charge in [0.1, 0.15) is 5.76 Å². The van der Waals surface area contributed by atoms with Gasteiger partial charge >= 0.3 is 0 Å². The lowest BCUT2D eigenvalue weighted by molar-refractivity contribution is 0.276. The van der Waals surface area contributed by atoms with Gasteiger partial charge in [-0.25, -0.2) is 15.4 Å². The molecule has 3 heterocycles. The molecule has 158 valence electrons. The monoisotopic (exact) mass is 417 g/mol. The fourth-order valence-electron chi connectivity index (χ4n) is 3.32.